The summed E-state index contributed by atoms with van der Waals surface area (Å²) in [6.45, 7) is 4.29. The lowest BCUT2D eigenvalue weighted by atomic mass is 9.75. The van der Waals surface area contributed by atoms with Crippen molar-refractivity contribution in [3.8, 4) is 0 Å². The van der Waals surface area contributed by atoms with Crippen LogP contribution in [0.2, 0.25) is 0 Å². The zero-order chi connectivity index (χ0) is 12.8. The number of ketones is 1. The van der Waals surface area contributed by atoms with Crippen molar-refractivity contribution in [2.75, 3.05) is 0 Å². The molecular weight excluding hydrogens is 224 g/mol. The van der Waals surface area contributed by atoms with E-state index in [0.29, 0.717) is 0 Å². The summed E-state index contributed by atoms with van der Waals surface area (Å²) in [6, 6.07) is 9.87. The fourth-order valence-corrected chi connectivity index (χ4v) is 2.53. The molecule has 0 aliphatic heterocycles. The van der Waals surface area contributed by atoms with Crippen LogP contribution in [0.4, 0.5) is 0 Å². The van der Waals surface area contributed by atoms with Crippen LogP contribution < -0.4 is 0 Å². The first kappa shape index (κ1) is 11.3. The van der Waals surface area contributed by atoms with E-state index in [1.54, 1.807) is 6.08 Å². The summed E-state index contributed by atoms with van der Waals surface area (Å²) in [5.74, 6) is 0.796. The summed E-state index contributed by atoms with van der Waals surface area (Å²) < 4.78 is 5.82. The lowest BCUT2D eigenvalue weighted by Gasteiger charge is -2.28. The Kier molecular flexibility index (Phi) is 2.40. The molecule has 0 saturated carbocycles. The van der Waals surface area contributed by atoms with Crippen LogP contribution in [0.5, 0.6) is 0 Å². The molecule has 1 aliphatic rings. The van der Waals surface area contributed by atoms with Gasteiger partial charge in [-0.2, -0.15) is 0 Å². The molecular formula is C16H16O2. The van der Waals surface area contributed by atoms with Crippen LogP contribution >= 0.6 is 0 Å². The molecule has 2 aromatic rings. The molecule has 2 nitrogen and oxygen atoms in total. The Morgan fingerprint density at radius 2 is 2.06 bits per heavy atom. The molecule has 0 spiro atoms. The van der Waals surface area contributed by atoms with Crippen LogP contribution in [-0.4, -0.2) is 5.78 Å². The van der Waals surface area contributed by atoms with Crippen molar-refractivity contribution in [2.24, 2.45) is 5.41 Å². The van der Waals surface area contributed by atoms with Crippen LogP contribution in [0.15, 0.2) is 46.9 Å². The fourth-order valence-electron chi connectivity index (χ4n) is 2.53. The number of fused-ring (bicyclic) bond motifs is 1. The van der Waals surface area contributed by atoms with Gasteiger partial charge in [0.15, 0.2) is 5.78 Å². The van der Waals surface area contributed by atoms with E-state index in [9.17, 15) is 4.79 Å². The van der Waals surface area contributed by atoms with E-state index < -0.39 is 0 Å². The highest BCUT2D eigenvalue weighted by Gasteiger charge is 2.32. The van der Waals surface area contributed by atoms with Crippen molar-refractivity contribution in [1.29, 1.82) is 0 Å². The van der Waals surface area contributed by atoms with Crippen LogP contribution in [0, 0.1) is 5.41 Å². The first-order chi connectivity index (χ1) is 8.55. The molecule has 1 unspecified atom stereocenters. The van der Waals surface area contributed by atoms with Gasteiger partial charge in [0.2, 0.25) is 0 Å². The van der Waals surface area contributed by atoms with Crippen LogP contribution in [-0.2, 0) is 4.79 Å². The van der Waals surface area contributed by atoms with Crippen molar-refractivity contribution >= 4 is 16.8 Å². The maximum atomic E-state index is 12.0. The highest BCUT2D eigenvalue weighted by Crippen LogP contribution is 2.39. The Hall–Kier alpha value is -1.83. The van der Waals surface area contributed by atoms with Gasteiger partial charge in [-0.05, 0) is 30.0 Å². The van der Waals surface area contributed by atoms with Gasteiger partial charge < -0.3 is 4.42 Å². The topological polar surface area (TPSA) is 30.2 Å². The van der Waals surface area contributed by atoms with E-state index in [1.807, 2.05) is 36.4 Å². The number of para-hydroxylation sites is 1. The van der Waals surface area contributed by atoms with Crippen LogP contribution in [0.3, 0.4) is 0 Å². The number of carbonyl (C=O) groups is 1. The number of rotatable bonds is 1. The predicted octanol–water partition coefficient (Wildman–Crippen LogP) is 4.07. The molecule has 1 heterocycles. The van der Waals surface area contributed by atoms with E-state index in [0.717, 1.165) is 23.2 Å². The van der Waals surface area contributed by atoms with Gasteiger partial charge in [-0.15, -0.1) is 0 Å². The van der Waals surface area contributed by atoms with E-state index in [4.69, 9.17) is 4.42 Å². The lowest BCUT2D eigenvalue weighted by Crippen LogP contribution is -2.23. The molecule has 1 aromatic heterocycles. The third-order valence-electron chi connectivity index (χ3n) is 3.56. The van der Waals surface area contributed by atoms with E-state index >= 15 is 0 Å². The molecule has 0 N–H and O–H groups in total. The molecule has 0 fully saturated rings. The number of hydrogen-bond acceptors (Lipinski definition) is 2. The van der Waals surface area contributed by atoms with E-state index in [-0.39, 0.29) is 17.1 Å². The summed E-state index contributed by atoms with van der Waals surface area (Å²) in [5, 5.41) is 1.06. The molecule has 0 radical (unpaired) electrons. The third-order valence-corrected chi connectivity index (χ3v) is 3.56. The summed E-state index contributed by atoms with van der Waals surface area (Å²) in [4.78, 5) is 12.0. The minimum absolute atomic E-state index is 0.0531. The molecule has 1 aromatic carbocycles. The standard InChI is InChI=1S/C16H16O2/c1-16(2)8-7-13(17)12(10-16)15-9-11-5-3-4-6-14(11)18-15/h3-9,12H,10H2,1-2H3. The van der Waals surface area contributed by atoms with Gasteiger partial charge >= 0.3 is 0 Å². The summed E-state index contributed by atoms with van der Waals surface area (Å²) in [7, 11) is 0. The zero-order valence-electron chi connectivity index (χ0n) is 10.6. The SMILES string of the molecule is CC1(C)C=CC(=O)C(c2cc3ccccc3o2)C1. The Bertz CT molecular complexity index is 598. The Morgan fingerprint density at radius 3 is 2.83 bits per heavy atom. The Labute approximate surface area is 106 Å². The minimum atomic E-state index is -0.141. The fraction of sp³-hybridized carbons (Fsp3) is 0.312. The Balaban J connectivity index is 2.04. The molecule has 3 rings (SSSR count). The smallest absolute Gasteiger partial charge is 0.166 e. The molecule has 92 valence electrons. The second-order valence-electron chi connectivity index (χ2n) is 5.67. The summed E-state index contributed by atoms with van der Waals surface area (Å²) in [5.41, 5.74) is 0.907. The normalized spacial score (nSPS) is 22.6. The van der Waals surface area contributed by atoms with Crippen molar-refractivity contribution in [2.45, 2.75) is 26.2 Å². The molecule has 0 amide bonds. The van der Waals surface area contributed by atoms with Crippen molar-refractivity contribution in [3.05, 3.63) is 48.2 Å². The van der Waals surface area contributed by atoms with Crippen molar-refractivity contribution in [1.82, 2.24) is 0 Å². The predicted molar refractivity (Wildman–Crippen MR) is 71.5 cm³/mol. The molecule has 2 heteroatoms. The molecule has 1 atom stereocenters. The number of furan rings is 1. The van der Waals surface area contributed by atoms with Gasteiger partial charge in [-0.3, -0.25) is 4.79 Å². The Morgan fingerprint density at radius 1 is 1.28 bits per heavy atom. The quantitative estimate of drug-likeness (QED) is 0.752. The molecule has 0 bridgehead atoms. The largest absolute Gasteiger partial charge is 0.460 e. The van der Waals surface area contributed by atoms with Gasteiger partial charge in [0.1, 0.15) is 11.3 Å². The summed E-state index contributed by atoms with van der Waals surface area (Å²) in [6.07, 6.45) is 4.50. The van der Waals surface area contributed by atoms with Crippen molar-refractivity contribution in [3.63, 3.8) is 0 Å². The van der Waals surface area contributed by atoms with E-state index in [1.165, 1.54) is 0 Å². The maximum absolute atomic E-state index is 12.0. The number of hydrogen-bond donors (Lipinski definition) is 0. The minimum Gasteiger partial charge on any atom is -0.460 e. The third kappa shape index (κ3) is 1.88. The van der Waals surface area contributed by atoms with Crippen LogP contribution in [0.25, 0.3) is 11.0 Å². The average Bonchev–Trinajstić information content (AvgIpc) is 2.76. The van der Waals surface area contributed by atoms with Gasteiger partial charge in [0.25, 0.3) is 0 Å². The molecule has 1 aliphatic carbocycles. The number of carbonyl (C=O) groups excluding carboxylic acids is 1. The van der Waals surface area contributed by atoms with Gasteiger partial charge in [-0.1, -0.05) is 38.1 Å². The van der Waals surface area contributed by atoms with Gasteiger partial charge in [0, 0.05) is 5.39 Å². The second kappa shape index (κ2) is 3.84. The van der Waals surface area contributed by atoms with Gasteiger partial charge in [-0.25, -0.2) is 0 Å². The maximum Gasteiger partial charge on any atom is 0.166 e. The molecule has 0 saturated heterocycles. The molecule has 18 heavy (non-hydrogen) atoms. The highest BCUT2D eigenvalue weighted by atomic mass is 16.3. The lowest BCUT2D eigenvalue weighted by molar-refractivity contribution is -0.117. The first-order valence-corrected chi connectivity index (χ1v) is 6.27. The average molecular weight is 240 g/mol. The summed E-state index contributed by atoms with van der Waals surface area (Å²) >= 11 is 0. The number of benzene rings is 1. The van der Waals surface area contributed by atoms with E-state index in [2.05, 4.69) is 13.8 Å². The van der Waals surface area contributed by atoms with Gasteiger partial charge in [0.05, 0.1) is 5.92 Å². The van der Waals surface area contributed by atoms with Crippen molar-refractivity contribution < 1.29 is 9.21 Å². The van der Waals surface area contributed by atoms with Crippen LogP contribution in [0.1, 0.15) is 31.9 Å². The number of allylic oxidation sites excluding steroid dienone is 2. The second-order valence-corrected chi connectivity index (χ2v) is 5.67. The highest BCUT2D eigenvalue weighted by molar-refractivity contribution is 5.96. The zero-order valence-corrected chi connectivity index (χ0v) is 10.6. The monoisotopic (exact) mass is 240 g/mol. The first-order valence-electron chi connectivity index (χ1n) is 6.27.